The van der Waals surface area contributed by atoms with Crippen LogP contribution in [0.15, 0.2) is 66.7 Å². The number of aryl methyl sites for hydroxylation is 1. The number of nitrogens with one attached hydrogen (secondary N) is 1. The number of halogens is 1. The van der Waals surface area contributed by atoms with Gasteiger partial charge in [0.05, 0.1) is 6.10 Å². The zero-order valence-electron chi connectivity index (χ0n) is 17.1. The van der Waals surface area contributed by atoms with E-state index in [0.717, 1.165) is 5.56 Å². The van der Waals surface area contributed by atoms with E-state index in [1.165, 1.54) is 0 Å². The van der Waals surface area contributed by atoms with Gasteiger partial charge in [-0.05, 0) is 73.9 Å². The van der Waals surface area contributed by atoms with Crippen LogP contribution in [0.2, 0.25) is 5.02 Å². The Morgan fingerprint density at radius 2 is 1.81 bits per heavy atom. The fourth-order valence-corrected chi connectivity index (χ4v) is 4.03. The molecule has 1 aliphatic rings. The minimum atomic E-state index is -0.648. The van der Waals surface area contributed by atoms with Crippen molar-refractivity contribution in [2.75, 3.05) is 16.8 Å². The lowest BCUT2D eigenvalue weighted by atomic mass is 10.0. The lowest BCUT2D eigenvalue weighted by Crippen LogP contribution is -2.31. The second kappa shape index (κ2) is 8.92. The average Bonchev–Trinajstić information content (AvgIpc) is 2.92. The van der Waals surface area contributed by atoms with Crippen LogP contribution in [0.4, 0.5) is 11.4 Å². The first-order chi connectivity index (χ1) is 14.9. The number of aliphatic hydroxyl groups excluding tert-OH is 1. The van der Waals surface area contributed by atoms with E-state index < -0.39 is 6.10 Å². The quantitative estimate of drug-likeness (QED) is 0.581. The third-order valence-electron chi connectivity index (χ3n) is 5.52. The molecular weight excluding hydrogens is 412 g/mol. The summed E-state index contributed by atoms with van der Waals surface area (Å²) in [4.78, 5) is 27.4. The number of hydrogen-bond donors (Lipinski definition) is 2. The standard InChI is InChI=1S/C25H23ClN2O3/c1-16-5-2-3-6-20(16)24(30)27-19-11-8-17(9-12-19)25(31)28-14-4-7-23(29)21-15-18(26)10-13-22(21)28/h2-3,5-6,8-13,15,23,29H,4,7,14H2,1H3,(H,27,30)/t23-/m1/s1. The summed E-state index contributed by atoms with van der Waals surface area (Å²) in [6, 6.07) is 19.4. The minimum Gasteiger partial charge on any atom is -0.388 e. The van der Waals surface area contributed by atoms with Gasteiger partial charge in [-0.1, -0.05) is 29.8 Å². The molecule has 1 heterocycles. The molecular formula is C25H23ClN2O3. The Hall–Kier alpha value is -3.15. The molecule has 0 aliphatic carbocycles. The third-order valence-corrected chi connectivity index (χ3v) is 5.76. The Morgan fingerprint density at radius 1 is 1.06 bits per heavy atom. The lowest BCUT2D eigenvalue weighted by Gasteiger charge is -2.23. The van der Waals surface area contributed by atoms with Gasteiger partial charge < -0.3 is 15.3 Å². The van der Waals surface area contributed by atoms with Gasteiger partial charge in [-0.25, -0.2) is 0 Å². The maximum absolute atomic E-state index is 13.2. The molecule has 0 bridgehead atoms. The molecule has 0 aromatic heterocycles. The van der Waals surface area contributed by atoms with Gasteiger partial charge in [0.1, 0.15) is 0 Å². The van der Waals surface area contributed by atoms with Gasteiger partial charge in [-0.2, -0.15) is 0 Å². The lowest BCUT2D eigenvalue weighted by molar-refractivity contribution is 0.0985. The second-order valence-corrected chi connectivity index (χ2v) is 8.10. The highest BCUT2D eigenvalue weighted by atomic mass is 35.5. The van der Waals surface area contributed by atoms with Crippen LogP contribution < -0.4 is 10.2 Å². The van der Waals surface area contributed by atoms with Crippen molar-refractivity contribution in [2.45, 2.75) is 25.9 Å². The highest BCUT2D eigenvalue weighted by molar-refractivity contribution is 6.30. The molecule has 0 radical (unpaired) electrons. The molecule has 6 heteroatoms. The van der Waals surface area contributed by atoms with Crippen molar-refractivity contribution in [3.63, 3.8) is 0 Å². The van der Waals surface area contributed by atoms with Gasteiger partial charge in [0.2, 0.25) is 0 Å². The van der Waals surface area contributed by atoms with Gasteiger partial charge in [0, 0.05) is 39.6 Å². The maximum atomic E-state index is 13.2. The Balaban J connectivity index is 1.54. The van der Waals surface area contributed by atoms with E-state index in [2.05, 4.69) is 5.32 Å². The van der Waals surface area contributed by atoms with Gasteiger partial charge >= 0.3 is 0 Å². The van der Waals surface area contributed by atoms with Crippen LogP contribution in [0, 0.1) is 6.92 Å². The van der Waals surface area contributed by atoms with E-state index in [1.807, 2.05) is 25.1 Å². The summed E-state index contributed by atoms with van der Waals surface area (Å²) in [6.07, 6.45) is 0.607. The molecule has 2 amide bonds. The van der Waals surface area contributed by atoms with Crippen molar-refractivity contribution in [1.82, 2.24) is 0 Å². The summed E-state index contributed by atoms with van der Waals surface area (Å²) in [6.45, 7) is 2.40. The summed E-state index contributed by atoms with van der Waals surface area (Å²) < 4.78 is 0. The van der Waals surface area contributed by atoms with Crippen LogP contribution >= 0.6 is 11.6 Å². The Morgan fingerprint density at radius 3 is 2.55 bits per heavy atom. The third kappa shape index (κ3) is 4.48. The first kappa shape index (κ1) is 21.1. The van der Waals surface area contributed by atoms with Gasteiger partial charge in [0.25, 0.3) is 11.8 Å². The molecule has 0 unspecified atom stereocenters. The maximum Gasteiger partial charge on any atom is 0.258 e. The molecule has 1 atom stereocenters. The Labute approximate surface area is 186 Å². The molecule has 0 spiro atoms. The first-order valence-electron chi connectivity index (χ1n) is 10.2. The molecule has 158 valence electrons. The van der Waals surface area contributed by atoms with Crippen molar-refractivity contribution >= 4 is 34.8 Å². The van der Waals surface area contributed by atoms with Crippen molar-refractivity contribution in [2.24, 2.45) is 0 Å². The zero-order chi connectivity index (χ0) is 22.0. The largest absolute Gasteiger partial charge is 0.388 e. The van der Waals surface area contributed by atoms with E-state index in [0.29, 0.717) is 52.5 Å². The van der Waals surface area contributed by atoms with Crippen LogP contribution in [-0.4, -0.2) is 23.5 Å². The van der Waals surface area contributed by atoms with Crippen LogP contribution in [0.25, 0.3) is 0 Å². The monoisotopic (exact) mass is 434 g/mol. The summed E-state index contributed by atoms with van der Waals surface area (Å²) in [5, 5.41) is 13.8. The number of hydrogen-bond acceptors (Lipinski definition) is 3. The number of benzene rings is 3. The Kier molecular flexibility index (Phi) is 6.07. The van der Waals surface area contributed by atoms with E-state index >= 15 is 0 Å². The molecule has 2 N–H and O–H groups in total. The molecule has 3 aromatic carbocycles. The van der Waals surface area contributed by atoms with E-state index in [-0.39, 0.29) is 11.8 Å². The zero-order valence-corrected chi connectivity index (χ0v) is 17.9. The summed E-state index contributed by atoms with van der Waals surface area (Å²) in [7, 11) is 0. The minimum absolute atomic E-state index is 0.158. The molecule has 5 nitrogen and oxygen atoms in total. The molecule has 0 saturated heterocycles. The highest BCUT2D eigenvalue weighted by Crippen LogP contribution is 2.35. The Bertz CT molecular complexity index is 1130. The normalized spacial score (nSPS) is 15.7. The van der Waals surface area contributed by atoms with E-state index in [9.17, 15) is 14.7 Å². The summed E-state index contributed by atoms with van der Waals surface area (Å²) in [5.41, 5.74) is 3.97. The average molecular weight is 435 g/mol. The number of nitrogens with zero attached hydrogens (tertiary/aromatic N) is 1. The molecule has 0 fully saturated rings. The SMILES string of the molecule is Cc1ccccc1C(=O)Nc1ccc(C(=O)N2CCC[C@@H](O)c3cc(Cl)ccc32)cc1. The first-order valence-corrected chi connectivity index (χ1v) is 10.6. The van der Waals surface area contributed by atoms with Gasteiger partial charge in [-0.3, -0.25) is 9.59 Å². The summed E-state index contributed by atoms with van der Waals surface area (Å²) >= 11 is 6.10. The van der Waals surface area contributed by atoms with Crippen LogP contribution in [0.5, 0.6) is 0 Å². The predicted molar refractivity (Wildman–Crippen MR) is 123 cm³/mol. The summed E-state index contributed by atoms with van der Waals surface area (Å²) in [5.74, 6) is -0.348. The molecule has 1 aliphatic heterocycles. The molecule has 0 saturated carbocycles. The second-order valence-electron chi connectivity index (χ2n) is 7.66. The van der Waals surface area contributed by atoms with Crippen LogP contribution in [0.1, 0.15) is 50.8 Å². The molecule has 4 rings (SSSR count). The fourth-order valence-electron chi connectivity index (χ4n) is 3.85. The fraction of sp³-hybridized carbons (Fsp3) is 0.200. The number of amides is 2. The number of carbonyl (C=O) groups excluding carboxylic acids is 2. The van der Waals surface area contributed by atoms with E-state index in [1.54, 1.807) is 53.4 Å². The predicted octanol–water partition coefficient (Wildman–Crippen LogP) is 5.37. The van der Waals surface area contributed by atoms with Crippen molar-refractivity contribution in [3.8, 4) is 0 Å². The van der Waals surface area contributed by atoms with Crippen molar-refractivity contribution in [3.05, 3.63) is 94.0 Å². The van der Waals surface area contributed by atoms with E-state index in [4.69, 9.17) is 11.6 Å². The molecule has 31 heavy (non-hydrogen) atoms. The smallest absolute Gasteiger partial charge is 0.258 e. The highest BCUT2D eigenvalue weighted by Gasteiger charge is 2.26. The van der Waals surface area contributed by atoms with Crippen molar-refractivity contribution in [1.29, 1.82) is 0 Å². The van der Waals surface area contributed by atoms with Gasteiger partial charge in [0.15, 0.2) is 0 Å². The topological polar surface area (TPSA) is 69.6 Å². The van der Waals surface area contributed by atoms with Gasteiger partial charge in [-0.15, -0.1) is 0 Å². The number of anilines is 2. The van der Waals surface area contributed by atoms with Crippen LogP contribution in [-0.2, 0) is 0 Å². The number of carbonyl (C=O) groups is 2. The number of fused-ring (bicyclic) bond motifs is 1. The molecule has 3 aromatic rings. The van der Waals surface area contributed by atoms with Crippen LogP contribution in [0.3, 0.4) is 0 Å². The van der Waals surface area contributed by atoms with Crippen molar-refractivity contribution < 1.29 is 14.7 Å². The number of aliphatic hydroxyl groups is 1. The number of rotatable bonds is 3.